The first-order valence-corrected chi connectivity index (χ1v) is 8.40. The van der Waals surface area contributed by atoms with E-state index in [1.807, 2.05) is 38.4 Å². The molecule has 0 radical (unpaired) electrons. The molecule has 25 heavy (non-hydrogen) atoms. The van der Waals surface area contributed by atoms with Crippen LogP contribution in [0.15, 0.2) is 33.9 Å². The van der Waals surface area contributed by atoms with E-state index in [2.05, 4.69) is 15.5 Å². The van der Waals surface area contributed by atoms with Crippen molar-refractivity contribution in [3.8, 4) is 11.5 Å². The Kier molecular flexibility index (Phi) is 5.23. The lowest BCUT2D eigenvalue weighted by molar-refractivity contribution is 0.0997. The van der Waals surface area contributed by atoms with Crippen LogP contribution in [0.25, 0.3) is 0 Å². The molecule has 0 saturated heterocycles. The van der Waals surface area contributed by atoms with E-state index in [0.29, 0.717) is 36.8 Å². The highest BCUT2D eigenvalue weighted by molar-refractivity contribution is 5.73. The van der Waals surface area contributed by atoms with Crippen molar-refractivity contribution in [1.29, 1.82) is 0 Å². The number of benzene rings is 1. The van der Waals surface area contributed by atoms with Crippen LogP contribution in [-0.4, -0.2) is 51.3 Å². The summed E-state index contributed by atoms with van der Waals surface area (Å²) in [6, 6.07) is 7.46. The second-order valence-corrected chi connectivity index (χ2v) is 6.37. The number of hydrogen-bond acceptors (Lipinski definition) is 7. The Hall–Kier alpha value is -2.54. The van der Waals surface area contributed by atoms with Crippen molar-refractivity contribution < 1.29 is 9.47 Å². The zero-order chi connectivity index (χ0) is 17.8. The number of para-hydroxylation sites is 2. The average molecular weight is 345 g/mol. The number of nitrogens with zero attached hydrogens (tertiary/aromatic N) is 1. The lowest BCUT2D eigenvalue weighted by Gasteiger charge is -2.27. The molecule has 0 unspecified atom stereocenters. The molecule has 1 atom stereocenters. The highest BCUT2D eigenvalue weighted by Crippen LogP contribution is 2.30. The van der Waals surface area contributed by atoms with Crippen molar-refractivity contribution >= 4 is 11.4 Å². The molecule has 0 bridgehead atoms. The Morgan fingerprint density at radius 3 is 2.48 bits per heavy atom. The third-order valence-electron chi connectivity index (χ3n) is 4.07. The van der Waals surface area contributed by atoms with E-state index in [4.69, 9.17) is 9.47 Å². The number of ether oxygens (including phenoxy) is 2. The van der Waals surface area contributed by atoms with Crippen molar-refractivity contribution in [1.82, 2.24) is 4.90 Å². The first-order valence-electron chi connectivity index (χ1n) is 8.40. The minimum atomic E-state index is -0.479. The molecule has 134 valence electrons. The molecular formula is C18H23N3O4. The normalized spacial score (nSPS) is 16.2. The molecule has 7 nitrogen and oxygen atoms in total. The molecule has 0 spiro atoms. The predicted molar refractivity (Wildman–Crippen MR) is 97.9 cm³/mol. The first-order chi connectivity index (χ1) is 12.1. The Bertz CT molecular complexity index is 796. The highest BCUT2D eigenvalue weighted by atomic mass is 16.6. The van der Waals surface area contributed by atoms with Gasteiger partial charge in [0, 0.05) is 6.54 Å². The average Bonchev–Trinajstić information content (AvgIpc) is 2.62. The number of rotatable bonds is 8. The molecular weight excluding hydrogens is 322 g/mol. The van der Waals surface area contributed by atoms with E-state index in [1.165, 1.54) is 0 Å². The summed E-state index contributed by atoms with van der Waals surface area (Å²) in [6.07, 6.45) is 0.669. The summed E-state index contributed by atoms with van der Waals surface area (Å²) in [5.74, 6) is 1.41. The quantitative estimate of drug-likeness (QED) is 0.543. The summed E-state index contributed by atoms with van der Waals surface area (Å²) in [5, 5.41) is 6.09. The predicted octanol–water partition coefficient (Wildman–Crippen LogP) is 0.898. The van der Waals surface area contributed by atoms with E-state index in [1.54, 1.807) is 0 Å². The van der Waals surface area contributed by atoms with Gasteiger partial charge in [0.1, 0.15) is 24.1 Å². The Morgan fingerprint density at radius 1 is 1.08 bits per heavy atom. The SMILES string of the molecule is CN(C)CCCNc1c(NC[C@@H]2COc3ccccc3O2)c(=O)c1=O. The summed E-state index contributed by atoms with van der Waals surface area (Å²) < 4.78 is 11.5. The smallest absolute Gasteiger partial charge is 0.253 e. The van der Waals surface area contributed by atoms with E-state index >= 15 is 0 Å². The van der Waals surface area contributed by atoms with E-state index in [-0.39, 0.29) is 6.10 Å². The molecule has 0 saturated carbocycles. The molecule has 0 fully saturated rings. The monoisotopic (exact) mass is 345 g/mol. The van der Waals surface area contributed by atoms with E-state index in [0.717, 1.165) is 18.7 Å². The molecule has 2 aromatic carbocycles. The lowest BCUT2D eigenvalue weighted by atomic mass is 10.1. The van der Waals surface area contributed by atoms with Gasteiger partial charge < -0.3 is 25.0 Å². The van der Waals surface area contributed by atoms with Gasteiger partial charge in [0.25, 0.3) is 10.9 Å². The maximum absolute atomic E-state index is 11.8. The Labute approximate surface area is 146 Å². The molecule has 0 aliphatic carbocycles. The molecule has 1 aliphatic heterocycles. The van der Waals surface area contributed by atoms with Crippen molar-refractivity contribution in [2.75, 3.05) is 51.0 Å². The fraction of sp³-hybridized carbons (Fsp3) is 0.444. The highest BCUT2D eigenvalue weighted by Gasteiger charge is 2.24. The van der Waals surface area contributed by atoms with Gasteiger partial charge in [0.15, 0.2) is 11.5 Å². The largest absolute Gasteiger partial charge is 0.486 e. The van der Waals surface area contributed by atoms with Gasteiger partial charge in [-0.1, -0.05) is 12.1 Å². The number of fused-ring (bicyclic) bond motifs is 1. The molecule has 0 amide bonds. The Morgan fingerprint density at radius 2 is 1.76 bits per heavy atom. The summed E-state index contributed by atoms with van der Waals surface area (Å²) in [7, 11) is 3.99. The number of anilines is 2. The summed E-state index contributed by atoms with van der Waals surface area (Å²) in [4.78, 5) is 25.6. The molecule has 0 aromatic heterocycles. The van der Waals surface area contributed by atoms with Crippen LogP contribution in [0.3, 0.4) is 0 Å². The second kappa shape index (κ2) is 7.57. The van der Waals surface area contributed by atoms with Gasteiger partial charge in [-0.15, -0.1) is 0 Å². The van der Waals surface area contributed by atoms with Crippen LogP contribution in [0.2, 0.25) is 0 Å². The van der Waals surface area contributed by atoms with Gasteiger partial charge in [-0.25, -0.2) is 0 Å². The van der Waals surface area contributed by atoms with Gasteiger partial charge >= 0.3 is 0 Å². The molecule has 1 aliphatic rings. The van der Waals surface area contributed by atoms with Crippen molar-refractivity contribution in [2.45, 2.75) is 12.5 Å². The van der Waals surface area contributed by atoms with Crippen LogP contribution < -0.4 is 31.0 Å². The zero-order valence-electron chi connectivity index (χ0n) is 14.5. The van der Waals surface area contributed by atoms with Crippen molar-refractivity contribution in [2.24, 2.45) is 0 Å². The molecule has 7 heteroatoms. The summed E-state index contributed by atoms with van der Waals surface area (Å²) in [5.41, 5.74) is -0.219. The molecule has 3 rings (SSSR count). The topological polar surface area (TPSA) is 79.9 Å². The van der Waals surface area contributed by atoms with Crippen molar-refractivity contribution in [3.05, 3.63) is 44.7 Å². The molecule has 2 N–H and O–H groups in total. The van der Waals surface area contributed by atoms with Crippen LogP contribution in [0, 0.1) is 0 Å². The third-order valence-corrected chi connectivity index (χ3v) is 4.07. The second-order valence-electron chi connectivity index (χ2n) is 6.37. The molecule has 2 aromatic rings. The Balaban J connectivity index is 1.53. The summed E-state index contributed by atoms with van der Waals surface area (Å²) >= 11 is 0. The standard InChI is InChI=1S/C18H23N3O4/c1-21(2)9-5-8-19-15-16(18(23)17(15)22)20-10-12-11-24-13-6-3-4-7-14(13)25-12/h3-4,6-7,12,19-20H,5,8-11H2,1-2H3/t12-/m1/s1. The van der Waals surface area contributed by atoms with E-state index in [9.17, 15) is 9.59 Å². The van der Waals surface area contributed by atoms with Crippen LogP contribution >= 0.6 is 0 Å². The fourth-order valence-electron chi connectivity index (χ4n) is 2.72. The van der Waals surface area contributed by atoms with Gasteiger partial charge in [-0.05, 0) is 39.2 Å². The van der Waals surface area contributed by atoms with Gasteiger partial charge in [-0.3, -0.25) is 9.59 Å². The van der Waals surface area contributed by atoms with Gasteiger partial charge in [-0.2, -0.15) is 0 Å². The fourth-order valence-corrected chi connectivity index (χ4v) is 2.72. The van der Waals surface area contributed by atoms with Crippen LogP contribution in [-0.2, 0) is 0 Å². The maximum Gasteiger partial charge on any atom is 0.253 e. The molecule has 1 heterocycles. The van der Waals surface area contributed by atoms with E-state index < -0.39 is 10.9 Å². The number of hydrogen-bond donors (Lipinski definition) is 2. The zero-order valence-corrected chi connectivity index (χ0v) is 14.5. The first kappa shape index (κ1) is 17.3. The minimum absolute atomic E-state index is 0.221. The summed E-state index contributed by atoms with van der Waals surface area (Å²) in [6.45, 7) is 2.35. The van der Waals surface area contributed by atoms with Crippen LogP contribution in [0.4, 0.5) is 11.4 Å². The minimum Gasteiger partial charge on any atom is -0.486 e. The van der Waals surface area contributed by atoms with Crippen LogP contribution in [0.1, 0.15) is 6.42 Å². The lowest BCUT2D eigenvalue weighted by Crippen LogP contribution is -2.41. The number of nitrogens with one attached hydrogen (secondary N) is 2. The van der Waals surface area contributed by atoms with Gasteiger partial charge in [0.2, 0.25) is 0 Å². The third kappa shape index (κ3) is 3.93. The van der Waals surface area contributed by atoms with Crippen LogP contribution in [0.5, 0.6) is 11.5 Å². The van der Waals surface area contributed by atoms with Crippen molar-refractivity contribution in [3.63, 3.8) is 0 Å². The maximum atomic E-state index is 11.8. The van der Waals surface area contributed by atoms with Gasteiger partial charge in [0.05, 0.1) is 6.54 Å².